The molecule has 1 aliphatic heterocycles. The molecule has 0 spiro atoms. The highest BCUT2D eigenvalue weighted by Crippen LogP contribution is 2.32. The topological polar surface area (TPSA) is 128 Å². The molecule has 4 amide bonds. The van der Waals surface area contributed by atoms with Crippen molar-refractivity contribution in [3.8, 4) is 5.75 Å². The van der Waals surface area contributed by atoms with Crippen LogP contribution in [0.2, 0.25) is 5.02 Å². The number of carbonyl (C=O) groups excluding carboxylic acids is 3. The first-order chi connectivity index (χ1) is 18.7. The number of aliphatic hydroxyl groups is 2. The SMILES string of the molecule is C[C@@H](c1ccccc1)[C@@H](C(=O)Nc1ccc(I)cc1Cl)N1C(=O)N[C@H](c2ccc(OC[C@@H](O)CO)cc2)C1=O. The van der Waals surface area contributed by atoms with Gasteiger partial charge in [0.2, 0.25) is 5.91 Å². The number of amides is 4. The molecule has 9 nitrogen and oxygen atoms in total. The van der Waals surface area contributed by atoms with Crippen LogP contribution in [0.4, 0.5) is 10.5 Å². The van der Waals surface area contributed by atoms with Gasteiger partial charge in [0, 0.05) is 9.49 Å². The molecule has 0 saturated carbocycles. The largest absolute Gasteiger partial charge is 0.491 e. The molecule has 1 saturated heterocycles. The van der Waals surface area contributed by atoms with Gasteiger partial charge < -0.3 is 25.6 Å². The van der Waals surface area contributed by atoms with Crippen LogP contribution >= 0.6 is 34.2 Å². The summed E-state index contributed by atoms with van der Waals surface area (Å²) in [6.07, 6.45) is -1.02. The van der Waals surface area contributed by atoms with E-state index in [1.165, 1.54) is 0 Å². The van der Waals surface area contributed by atoms with Crippen LogP contribution in [0.5, 0.6) is 5.75 Å². The lowest BCUT2D eigenvalue weighted by Crippen LogP contribution is -2.50. The Kier molecular flexibility index (Phi) is 9.44. The first-order valence-electron chi connectivity index (χ1n) is 12.2. The van der Waals surface area contributed by atoms with Gasteiger partial charge in [0.1, 0.15) is 30.5 Å². The number of anilines is 1. The molecule has 39 heavy (non-hydrogen) atoms. The number of imide groups is 1. The second kappa shape index (κ2) is 12.8. The number of hydrogen-bond donors (Lipinski definition) is 4. The van der Waals surface area contributed by atoms with E-state index in [1.54, 1.807) is 49.4 Å². The molecule has 1 aliphatic rings. The molecule has 204 valence electrons. The molecule has 1 heterocycles. The molecule has 3 aromatic rings. The van der Waals surface area contributed by atoms with E-state index in [1.807, 2.05) is 30.3 Å². The molecule has 0 radical (unpaired) electrons. The van der Waals surface area contributed by atoms with Gasteiger partial charge in [0.25, 0.3) is 5.91 Å². The van der Waals surface area contributed by atoms with E-state index in [4.69, 9.17) is 21.4 Å². The van der Waals surface area contributed by atoms with Gasteiger partial charge >= 0.3 is 6.03 Å². The van der Waals surface area contributed by atoms with Crippen molar-refractivity contribution in [1.82, 2.24) is 10.2 Å². The van der Waals surface area contributed by atoms with Gasteiger partial charge in [-0.1, -0.05) is 61.0 Å². The maximum Gasteiger partial charge on any atom is 0.325 e. The molecule has 0 bridgehead atoms. The highest BCUT2D eigenvalue weighted by atomic mass is 127. The van der Waals surface area contributed by atoms with Crippen LogP contribution in [-0.2, 0) is 9.59 Å². The Morgan fingerprint density at radius 2 is 1.82 bits per heavy atom. The average molecular weight is 664 g/mol. The van der Waals surface area contributed by atoms with Gasteiger partial charge in [-0.05, 0) is 64.0 Å². The number of nitrogens with zero attached hydrogens (tertiary/aromatic N) is 1. The molecule has 4 rings (SSSR count). The molecule has 0 aromatic heterocycles. The highest BCUT2D eigenvalue weighted by molar-refractivity contribution is 14.1. The van der Waals surface area contributed by atoms with E-state index in [0.717, 1.165) is 14.0 Å². The van der Waals surface area contributed by atoms with E-state index in [-0.39, 0.29) is 6.61 Å². The standard InChI is InChI=1S/C28H27ClIN3O6/c1-16(17-5-3-2-4-6-17)25(26(36)31-23-12-9-19(30)13-22(23)29)33-27(37)24(32-28(33)38)18-7-10-21(11-8-18)39-15-20(35)14-34/h2-13,16,20,24-25,34-35H,14-15H2,1H3,(H,31,36)(H,32,38)/t16-,20-,24+,25-/m0/s1. The van der Waals surface area contributed by atoms with Crippen LogP contribution in [0.25, 0.3) is 0 Å². The van der Waals surface area contributed by atoms with Crippen LogP contribution in [0.1, 0.15) is 30.0 Å². The number of ether oxygens (including phenoxy) is 1. The van der Waals surface area contributed by atoms with Gasteiger partial charge in [-0.25, -0.2) is 9.69 Å². The van der Waals surface area contributed by atoms with Gasteiger partial charge in [0.05, 0.1) is 17.3 Å². The zero-order valence-corrected chi connectivity index (χ0v) is 23.8. The summed E-state index contributed by atoms with van der Waals surface area (Å²) < 4.78 is 6.30. The first kappa shape index (κ1) is 28.8. The van der Waals surface area contributed by atoms with E-state index >= 15 is 0 Å². The number of urea groups is 1. The summed E-state index contributed by atoms with van der Waals surface area (Å²) in [5, 5.41) is 24.2. The van der Waals surface area contributed by atoms with Gasteiger partial charge in [-0.15, -0.1) is 0 Å². The maximum absolute atomic E-state index is 13.7. The molecule has 4 atom stereocenters. The number of benzene rings is 3. The van der Waals surface area contributed by atoms with Gasteiger partial charge in [0.15, 0.2) is 0 Å². The van der Waals surface area contributed by atoms with Crippen LogP contribution in [0.15, 0.2) is 72.8 Å². The zero-order valence-electron chi connectivity index (χ0n) is 20.9. The van der Waals surface area contributed by atoms with Crippen molar-refractivity contribution in [1.29, 1.82) is 0 Å². The van der Waals surface area contributed by atoms with Gasteiger partial charge in [-0.2, -0.15) is 0 Å². The molecule has 3 aromatic carbocycles. The fraction of sp³-hybridized carbons (Fsp3) is 0.250. The number of nitrogens with one attached hydrogen (secondary N) is 2. The quantitative estimate of drug-likeness (QED) is 0.191. The van der Waals surface area contributed by atoms with Crippen LogP contribution in [0.3, 0.4) is 0 Å². The molecule has 11 heteroatoms. The summed E-state index contributed by atoms with van der Waals surface area (Å²) >= 11 is 8.45. The van der Waals surface area contributed by atoms with Gasteiger partial charge in [-0.3, -0.25) is 9.59 Å². The van der Waals surface area contributed by atoms with Crippen molar-refractivity contribution in [2.24, 2.45) is 0 Å². The number of carbonyl (C=O) groups is 3. The number of aliphatic hydroxyl groups excluding tert-OH is 2. The Balaban J connectivity index is 1.60. The Bertz CT molecular complexity index is 1340. The summed E-state index contributed by atoms with van der Waals surface area (Å²) in [7, 11) is 0. The van der Waals surface area contributed by atoms with Crippen molar-refractivity contribution in [3.05, 3.63) is 92.5 Å². The van der Waals surface area contributed by atoms with Crippen LogP contribution in [0, 0.1) is 3.57 Å². The molecule has 4 N–H and O–H groups in total. The van der Waals surface area contributed by atoms with E-state index in [2.05, 4.69) is 33.2 Å². The van der Waals surface area contributed by atoms with Crippen LogP contribution < -0.4 is 15.4 Å². The summed E-state index contributed by atoms with van der Waals surface area (Å²) in [6.45, 7) is 1.26. The lowest BCUT2D eigenvalue weighted by atomic mass is 9.91. The van der Waals surface area contributed by atoms with Crippen molar-refractivity contribution >= 4 is 57.7 Å². The minimum absolute atomic E-state index is 0.0958. The summed E-state index contributed by atoms with van der Waals surface area (Å²) in [6, 6.07) is 17.9. The van der Waals surface area contributed by atoms with Crippen molar-refractivity contribution in [2.75, 3.05) is 18.5 Å². The Morgan fingerprint density at radius 3 is 2.46 bits per heavy atom. The predicted molar refractivity (Wildman–Crippen MR) is 155 cm³/mol. The fourth-order valence-electron chi connectivity index (χ4n) is 4.29. The molecule has 0 unspecified atom stereocenters. The fourth-order valence-corrected chi connectivity index (χ4v) is 5.19. The lowest BCUT2D eigenvalue weighted by molar-refractivity contribution is -0.134. The van der Waals surface area contributed by atoms with E-state index in [0.29, 0.717) is 22.0 Å². The lowest BCUT2D eigenvalue weighted by Gasteiger charge is -2.30. The molecular formula is C28H27ClIN3O6. The normalized spacial score (nSPS) is 17.4. The third kappa shape index (κ3) is 6.70. The third-order valence-electron chi connectivity index (χ3n) is 6.37. The highest BCUT2D eigenvalue weighted by Gasteiger charge is 2.47. The van der Waals surface area contributed by atoms with Crippen molar-refractivity contribution in [3.63, 3.8) is 0 Å². The third-order valence-corrected chi connectivity index (χ3v) is 7.36. The van der Waals surface area contributed by atoms with E-state index in [9.17, 15) is 19.5 Å². The number of halogens is 2. The molecule has 0 aliphatic carbocycles. The monoisotopic (exact) mass is 663 g/mol. The maximum atomic E-state index is 13.7. The summed E-state index contributed by atoms with van der Waals surface area (Å²) in [4.78, 5) is 41.5. The Morgan fingerprint density at radius 1 is 1.13 bits per heavy atom. The Labute approximate surface area is 244 Å². The zero-order chi connectivity index (χ0) is 28.1. The molecular weight excluding hydrogens is 637 g/mol. The predicted octanol–water partition coefficient (Wildman–Crippen LogP) is 4.08. The second-order valence-corrected chi connectivity index (χ2v) is 10.7. The number of hydrogen-bond acceptors (Lipinski definition) is 6. The van der Waals surface area contributed by atoms with Crippen LogP contribution in [-0.4, -0.2) is 58.3 Å². The van der Waals surface area contributed by atoms with Crippen molar-refractivity contribution < 1.29 is 29.3 Å². The van der Waals surface area contributed by atoms with Crippen molar-refractivity contribution in [2.45, 2.75) is 31.0 Å². The smallest absolute Gasteiger partial charge is 0.325 e. The average Bonchev–Trinajstić information content (AvgIpc) is 3.23. The number of rotatable bonds is 10. The summed E-state index contributed by atoms with van der Waals surface area (Å²) in [5.41, 5.74) is 1.65. The minimum Gasteiger partial charge on any atom is -0.491 e. The molecule has 1 fully saturated rings. The summed E-state index contributed by atoms with van der Waals surface area (Å²) in [5.74, 6) is -1.23. The second-order valence-electron chi connectivity index (χ2n) is 9.06. The van der Waals surface area contributed by atoms with E-state index < -0.39 is 48.6 Å². The first-order valence-corrected chi connectivity index (χ1v) is 13.6. The Hall–Kier alpha value is -3.19. The minimum atomic E-state index is -1.16.